The minimum atomic E-state index is -4.40. The molecule has 0 bridgehead atoms. The molecule has 0 spiro atoms. The van der Waals surface area contributed by atoms with E-state index in [1.807, 2.05) is 27.7 Å². The van der Waals surface area contributed by atoms with Crippen LogP contribution in [0.2, 0.25) is 0 Å². The van der Waals surface area contributed by atoms with Gasteiger partial charge in [0.2, 0.25) is 5.75 Å². The van der Waals surface area contributed by atoms with Crippen molar-refractivity contribution < 1.29 is 27.2 Å². The van der Waals surface area contributed by atoms with Crippen LogP contribution in [0, 0.1) is 0 Å². The zero-order chi connectivity index (χ0) is 22.9. The Morgan fingerprint density at radius 3 is 2.40 bits per heavy atom. The van der Waals surface area contributed by atoms with Crippen molar-refractivity contribution >= 4 is 32.0 Å². The molecule has 2 heterocycles. The quantitative estimate of drug-likeness (QED) is 0.496. The summed E-state index contributed by atoms with van der Waals surface area (Å²) in [6, 6.07) is 7.10. The van der Waals surface area contributed by atoms with Gasteiger partial charge in [-0.25, -0.2) is 9.78 Å². The van der Waals surface area contributed by atoms with Crippen LogP contribution in [0.25, 0.3) is 0 Å². The maximum atomic E-state index is 12.7. The second-order valence-corrected chi connectivity index (χ2v) is 7.95. The zero-order valence-corrected chi connectivity index (χ0v) is 19.6. The summed E-state index contributed by atoms with van der Waals surface area (Å²) in [7, 11) is -4.40. The van der Waals surface area contributed by atoms with Crippen LogP contribution < -0.4 is 9.74 Å². The molecule has 0 saturated heterocycles. The van der Waals surface area contributed by atoms with Crippen molar-refractivity contribution in [1.29, 1.82) is 0 Å². The van der Waals surface area contributed by atoms with E-state index in [0.29, 0.717) is 0 Å². The van der Waals surface area contributed by atoms with E-state index in [1.54, 1.807) is 6.07 Å². The molecule has 30 heavy (non-hydrogen) atoms. The topological polar surface area (TPSA) is 125 Å². The number of aromatic carboxylic acids is 1. The van der Waals surface area contributed by atoms with E-state index in [-0.39, 0.29) is 30.5 Å². The van der Waals surface area contributed by atoms with E-state index in [0.717, 1.165) is 4.57 Å². The molecule has 0 amide bonds. The molecular formula is C19H25BrN2O7S. The van der Waals surface area contributed by atoms with E-state index >= 15 is 0 Å². The Balaban J connectivity index is 0.00000106. The summed E-state index contributed by atoms with van der Waals surface area (Å²) in [5, 5.41) is 9.38. The van der Waals surface area contributed by atoms with Crippen molar-refractivity contribution in [3.05, 3.63) is 52.2 Å². The van der Waals surface area contributed by atoms with Gasteiger partial charge in [0.05, 0.1) is 24.6 Å². The number of hydrogen-bond acceptors (Lipinski definition) is 7. The molecule has 9 nitrogen and oxygen atoms in total. The first-order chi connectivity index (χ1) is 14.3. The van der Waals surface area contributed by atoms with Crippen LogP contribution in [-0.4, -0.2) is 42.3 Å². The summed E-state index contributed by atoms with van der Waals surface area (Å²) in [6.45, 7) is 8.47. The number of alkyl halides is 1. The highest BCUT2D eigenvalue weighted by Crippen LogP contribution is 2.26. The molecule has 1 aromatic heterocycles. The van der Waals surface area contributed by atoms with Crippen molar-refractivity contribution in [2.45, 2.75) is 44.0 Å². The van der Waals surface area contributed by atoms with Gasteiger partial charge in [-0.15, -0.1) is 0 Å². The van der Waals surface area contributed by atoms with E-state index < -0.39 is 37.9 Å². The van der Waals surface area contributed by atoms with Gasteiger partial charge in [-0.05, 0) is 12.1 Å². The normalized spacial score (nSPS) is 15.3. The molecule has 3 rings (SSSR count). The van der Waals surface area contributed by atoms with Crippen LogP contribution >= 0.6 is 15.9 Å². The van der Waals surface area contributed by atoms with Gasteiger partial charge in [-0.2, -0.15) is 8.42 Å². The number of fused-ring (bicyclic) bond motifs is 1. The lowest BCUT2D eigenvalue weighted by atomic mass is 10.3. The van der Waals surface area contributed by atoms with Crippen molar-refractivity contribution in [2.24, 2.45) is 0 Å². The molecule has 166 valence electrons. The molecular weight excluding hydrogens is 480 g/mol. The summed E-state index contributed by atoms with van der Waals surface area (Å²) in [4.78, 5) is 27.5. The number of nitrogens with zero attached hydrogens (tertiary/aromatic N) is 2. The Kier molecular flexibility index (Phi) is 10.2. The maximum absolute atomic E-state index is 12.7. The Morgan fingerprint density at radius 1 is 1.23 bits per heavy atom. The van der Waals surface area contributed by atoms with Crippen LogP contribution in [0.1, 0.15) is 48.8 Å². The van der Waals surface area contributed by atoms with E-state index in [9.17, 15) is 23.1 Å². The number of ether oxygens (including phenoxy) is 1. The lowest BCUT2D eigenvalue weighted by molar-refractivity contribution is 0.0687. The number of aromatic nitrogens is 2. The van der Waals surface area contributed by atoms with Crippen LogP contribution in [0.15, 0.2) is 40.0 Å². The fourth-order valence-corrected chi connectivity index (χ4v) is 3.88. The zero-order valence-electron chi connectivity index (χ0n) is 17.2. The molecule has 1 atom stereocenters. The molecule has 11 heteroatoms. The number of carbonyl (C=O) groups is 1. The average Bonchev–Trinajstić information content (AvgIpc) is 2.95. The predicted octanol–water partition coefficient (Wildman–Crippen LogP) is 3.23. The molecule has 0 aliphatic carbocycles. The predicted molar refractivity (Wildman–Crippen MR) is 115 cm³/mol. The van der Waals surface area contributed by atoms with Crippen LogP contribution in [0.4, 0.5) is 0 Å². The Labute approximate surface area is 183 Å². The molecule has 0 saturated carbocycles. The summed E-state index contributed by atoms with van der Waals surface area (Å²) < 4.78 is 36.1. The summed E-state index contributed by atoms with van der Waals surface area (Å²) in [5.41, 5.74) is -1.67. The molecule has 1 aliphatic rings. The van der Waals surface area contributed by atoms with Gasteiger partial charge < -0.3 is 14.0 Å². The number of rotatable bonds is 4. The van der Waals surface area contributed by atoms with Crippen molar-refractivity contribution in [2.75, 3.05) is 13.2 Å². The first-order valence-electron chi connectivity index (χ1n) is 9.40. The van der Waals surface area contributed by atoms with Crippen molar-refractivity contribution in [1.82, 2.24) is 9.55 Å². The van der Waals surface area contributed by atoms with E-state index in [2.05, 4.69) is 20.9 Å². The first-order valence-corrected chi connectivity index (χ1v) is 11.7. The smallest absolute Gasteiger partial charge is 0.358 e. The minimum Gasteiger partial charge on any atom is -0.476 e. The second-order valence-electron chi connectivity index (χ2n) is 5.30. The summed E-state index contributed by atoms with van der Waals surface area (Å²) >= 11 is 3.28. The highest BCUT2D eigenvalue weighted by Gasteiger charge is 2.30. The molecule has 1 aromatic carbocycles. The fraction of sp³-hybridized carbons (Fsp3) is 0.421. The van der Waals surface area contributed by atoms with Crippen molar-refractivity contribution in [3.8, 4) is 5.75 Å². The monoisotopic (exact) mass is 504 g/mol. The Bertz CT molecular complexity index is 1010. The number of benzene rings is 1. The molecule has 2 aromatic rings. The number of halogens is 1. The molecule has 0 fully saturated rings. The van der Waals surface area contributed by atoms with Crippen LogP contribution in [0.3, 0.4) is 0 Å². The van der Waals surface area contributed by atoms with Gasteiger partial charge in [0.15, 0.2) is 5.69 Å². The van der Waals surface area contributed by atoms with Gasteiger partial charge in [-0.3, -0.25) is 9.36 Å². The van der Waals surface area contributed by atoms with Gasteiger partial charge >= 0.3 is 16.1 Å². The van der Waals surface area contributed by atoms with Crippen molar-refractivity contribution in [3.63, 3.8) is 0 Å². The van der Waals surface area contributed by atoms with Gasteiger partial charge in [0, 0.05) is 0 Å². The third kappa shape index (κ3) is 5.89. The largest absolute Gasteiger partial charge is 0.476 e. The van der Waals surface area contributed by atoms with E-state index in [1.165, 1.54) is 24.3 Å². The summed E-state index contributed by atoms with van der Waals surface area (Å²) in [5.74, 6) is -2.30. The Morgan fingerprint density at radius 2 is 1.83 bits per heavy atom. The van der Waals surface area contributed by atoms with Crippen LogP contribution in [0.5, 0.6) is 5.75 Å². The van der Waals surface area contributed by atoms with Crippen LogP contribution in [-0.2, 0) is 21.4 Å². The maximum Gasteiger partial charge on any atom is 0.358 e. The SMILES string of the molecule is CC.CC.O=C(O)c1nc2n(c(=O)c1OS(=O)(=O)c1ccccc1)CCOCC2Br. The Hall–Kier alpha value is -2.24. The highest BCUT2D eigenvalue weighted by atomic mass is 79.9. The van der Waals surface area contributed by atoms with E-state index in [4.69, 9.17) is 8.92 Å². The molecule has 1 aliphatic heterocycles. The molecule has 1 unspecified atom stereocenters. The fourth-order valence-electron chi connectivity index (χ4n) is 2.39. The standard InChI is InChI=1S/C15H13BrN2O7S.2C2H6/c16-10-8-24-7-6-18-13(10)17-11(15(20)21)12(14(18)19)25-26(22,23)9-4-2-1-3-5-9;2*1-2/h1-5,10H,6-8H2,(H,20,21);2*1-2H3. The lowest BCUT2D eigenvalue weighted by Crippen LogP contribution is -2.31. The van der Waals surface area contributed by atoms with Gasteiger partial charge in [0.1, 0.15) is 10.7 Å². The van der Waals surface area contributed by atoms with Gasteiger partial charge in [0.25, 0.3) is 5.56 Å². The number of hydrogen-bond donors (Lipinski definition) is 1. The third-order valence-electron chi connectivity index (χ3n) is 3.59. The third-order valence-corrected chi connectivity index (χ3v) is 5.50. The molecule has 1 N–H and O–H groups in total. The summed E-state index contributed by atoms with van der Waals surface area (Å²) in [6.07, 6.45) is 0. The minimum absolute atomic E-state index is 0.0882. The number of carboxylic acids is 1. The molecule has 0 radical (unpaired) electrons. The number of carboxylic acid groups (broad SMARTS) is 1. The lowest BCUT2D eigenvalue weighted by Gasteiger charge is -2.15. The average molecular weight is 505 g/mol. The highest BCUT2D eigenvalue weighted by molar-refractivity contribution is 9.09. The second kappa shape index (κ2) is 11.8. The van der Waals surface area contributed by atoms with Gasteiger partial charge in [-0.1, -0.05) is 61.8 Å². The first kappa shape index (κ1) is 25.8.